The maximum absolute atomic E-state index is 8.86. The van der Waals surface area contributed by atoms with Gasteiger partial charge in [-0.1, -0.05) is 17.7 Å². The Labute approximate surface area is 143 Å². The second-order valence-corrected chi connectivity index (χ2v) is 6.10. The molecule has 5 nitrogen and oxygen atoms in total. The normalized spacial score (nSPS) is 15.1. The number of pyridine rings is 1. The summed E-state index contributed by atoms with van der Waals surface area (Å²) in [6.07, 6.45) is 1.64. The molecule has 0 unspecified atom stereocenters. The Kier molecular flexibility index (Phi) is 4.97. The number of methoxy groups -OCH3 is 1. The van der Waals surface area contributed by atoms with Crippen molar-refractivity contribution >= 4 is 5.82 Å². The van der Waals surface area contributed by atoms with E-state index in [1.165, 1.54) is 11.1 Å². The summed E-state index contributed by atoms with van der Waals surface area (Å²) in [7, 11) is 1.72. The topological polar surface area (TPSA) is 52.4 Å². The quantitative estimate of drug-likeness (QED) is 0.866. The minimum atomic E-state index is 0.601. The van der Waals surface area contributed by atoms with Crippen LogP contribution in [0.15, 0.2) is 36.5 Å². The molecule has 1 aliphatic rings. The van der Waals surface area contributed by atoms with Crippen molar-refractivity contribution in [2.45, 2.75) is 13.5 Å². The number of piperazine rings is 1. The summed E-state index contributed by atoms with van der Waals surface area (Å²) in [4.78, 5) is 9.10. The van der Waals surface area contributed by atoms with Gasteiger partial charge in [0.25, 0.3) is 0 Å². The van der Waals surface area contributed by atoms with E-state index in [2.05, 4.69) is 39.9 Å². The van der Waals surface area contributed by atoms with Crippen molar-refractivity contribution in [1.29, 1.82) is 5.26 Å². The number of nitrogens with zero attached hydrogens (tertiary/aromatic N) is 4. The molecule has 1 aliphatic heterocycles. The molecule has 0 aliphatic carbocycles. The third kappa shape index (κ3) is 3.66. The summed E-state index contributed by atoms with van der Waals surface area (Å²) in [6.45, 7) is 6.86. The molecule has 1 fully saturated rings. The molecular weight excluding hydrogens is 300 g/mol. The summed E-state index contributed by atoms with van der Waals surface area (Å²) in [5.41, 5.74) is 3.09. The molecule has 0 amide bonds. The first-order valence-electron chi connectivity index (χ1n) is 8.16. The monoisotopic (exact) mass is 322 g/mol. The zero-order valence-electron chi connectivity index (χ0n) is 14.2. The van der Waals surface area contributed by atoms with Crippen molar-refractivity contribution in [2.75, 3.05) is 38.2 Å². The first kappa shape index (κ1) is 16.3. The van der Waals surface area contributed by atoms with Gasteiger partial charge in [-0.2, -0.15) is 5.26 Å². The van der Waals surface area contributed by atoms with E-state index in [0.29, 0.717) is 5.56 Å². The number of benzene rings is 1. The second-order valence-electron chi connectivity index (χ2n) is 6.10. The highest BCUT2D eigenvalue weighted by atomic mass is 16.5. The van der Waals surface area contributed by atoms with Crippen LogP contribution >= 0.6 is 0 Å². The summed E-state index contributed by atoms with van der Waals surface area (Å²) >= 11 is 0. The number of hydrogen-bond acceptors (Lipinski definition) is 5. The van der Waals surface area contributed by atoms with Crippen LogP contribution in [0.5, 0.6) is 5.75 Å². The molecule has 1 saturated heterocycles. The molecule has 3 rings (SSSR count). The first-order valence-corrected chi connectivity index (χ1v) is 8.16. The second kappa shape index (κ2) is 7.33. The predicted molar refractivity (Wildman–Crippen MR) is 94.2 cm³/mol. The van der Waals surface area contributed by atoms with Gasteiger partial charge in [0.1, 0.15) is 17.6 Å². The van der Waals surface area contributed by atoms with Gasteiger partial charge in [0.05, 0.1) is 12.7 Å². The Morgan fingerprint density at radius 1 is 1.17 bits per heavy atom. The maximum atomic E-state index is 8.86. The fourth-order valence-corrected chi connectivity index (χ4v) is 3.05. The highest BCUT2D eigenvalue weighted by Crippen LogP contribution is 2.22. The molecule has 0 N–H and O–H groups in total. The molecule has 2 aromatic rings. The maximum Gasteiger partial charge on any atom is 0.128 e. The Morgan fingerprint density at radius 3 is 2.58 bits per heavy atom. The van der Waals surface area contributed by atoms with Gasteiger partial charge < -0.3 is 9.64 Å². The largest absolute Gasteiger partial charge is 0.496 e. The lowest BCUT2D eigenvalue weighted by Crippen LogP contribution is -2.46. The first-order chi connectivity index (χ1) is 11.7. The van der Waals surface area contributed by atoms with Gasteiger partial charge >= 0.3 is 0 Å². The molecular formula is C19H22N4O. The van der Waals surface area contributed by atoms with E-state index in [1.807, 2.05) is 18.2 Å². The molecule has 1 aromatic carbocycles. The van der Waals surface area contributed by atoms with Crippen LogP contribution in [0.4, 0.5) is 5.82 Å². The molecule has 0 atom stereocenters. The van der Waals surface area contributed by atoms with E-state index < -0.39 is 0 Å². The summed E-state index contributed by atoms with van der Waals surface area (Å²) in [5, 5.41) is 8.86. The van der Waals surface area contributed by atoms with Gasteiger partial charge in [-0.15, -0.1) is 0 Å². The molecule has 5 heteroatoms. The summed E-state index contributed by atoms with van der Waals surface area (Å²) in [6, 6.07) is 12.2. The Bertz CT molecular complexity index is 728. The minimum Gasteiger partial charge on any atom is -0.496 e. The Hall–Kier alpha value is -2.58. The van der Waals surface area contributed by atoms with Crippen LogP contribution in [0.3, 0.4) is 0 Å². The highest BCUT2D eigenvalue weighted by Gasteiger charge is 2.19. The number of anilines is 1. The molecule has 124 valence electrons. The Morgan fingerprint density at radius 2 is 1.96 bits per heavy atom. The lowest BCUT2D eigenvalue weighted by Gasteiger charge is -2.35. The highest BCUT2D eigenvalue weighted by molar-refractivity contribution is 5.42. The van der Waals surface area contributed by atoms with Gasteiger partial charge in [-0.25, -0.2) is 4.98 Å². The standard InChI is InChI=1S/C19H22N4O/c1-15-3-5-18(24-2)17(11-15)14-22-7-9-23(10-8-22)19-6-4-16(12-20)13-21-19/h3-6,11,13H,7-10,14H2,1-2H3. The van der Waals surface area contributed by atoms with Crippen LogP contribution in [-0.4, -0.2) is 43.2 Å². The van der Waals surface area contributed by atoms with Crippen LogP contribution in [0, 0.1) is 18.3 Å². The minimum absolute atomic E-state index is 0.601. The van der Waals surface area contributed by atoms with E-state index >= 15 is 0 Å². The molecule has 24 heavy (non-hydrogen) atoms. The van der Waals surface area contributed by atoms with Gasteiger partial charge in [0.15, 0.2) is 0 Å². The van der Waals surface area contributed by atoms with Crippen LogP contribution in [0.25, 0.3) is 0 Å². The van der Waals surface area contributed by atoms with Crippen LogP contribution < -0.4 is 9.64 Å². The fraction of sp³-hybridized carbons (Fsp3) is 0.368. The number of rotatable bonds is 4. The van der Waals surface area contributed by atoms with Crippen LogP contribution in [-0.2, 0) is 6.54 Å². The van der Waals surface area contributed by atoms with E-state index in [4.69, 9.17) is 10.00 Å². The Balaban J connectivity index is 1.61. The van der Waals surface area contributed by atoms with Crippen molar-refractivity contribution in [3.63, 3.8) is 0 Å². The van der Waals surface area contributed by atoms with E-state index in [-0.39, 0.29) is 0 Å². The third-order valence-electron chi connectivity index (χ3n) is 4.40. The number of aromatic nitrogens is 1. The van der Waals surface area contributed by atoms with Crippen molar-refractivity contribution in [3.8, 4) is 11.8 Å². The van der Waals surface area contributed by atoms with E-state index in [9.17, 15) is 0 Å². The zero-order valence-corrected chi connectivity index (χ0v) is 14.2. The van der Waals surface area contributed by atoms with Crippen molar-refractivity contribution in [2.24, 2.45) is 0 Å². The molecule has 0 spiro atoms. The van der Waals surface area contributed by atoms with Crippen molar-refractivity contribution in [1.82, 2.24) is 9.88 Å². The van der Waals surface area contributed by atoms with Gasteiger partial charge in [0.2, 0.25) is 0 Å². The smallest absolute Gasteiger partial charge is 0.128 e. The third-order valence-corrected chi connectivity index (χ3v) is 4.40. The fourth-order valence-electron chi connectivity index (χ4n) is 3.05. The van der Waals surface area contributed by atoms with E-state index in [0.717, 1.165) is 44.3 Å². The summed E-state index contributed by atoms with van der Waals surface area (Å²) in [5.74, 6) is 1.90. The lowest BCUT2D eigenvalue weighted by atomic mass is 10.1. The number of ether oxygens (including phenoxy) is 1. The molecule has 0 radical (unpaired) electrons. The summed E-state index contributed by atoms with van der Waals surface area (Å²) < 4.78 is 5.48. The van der Waals surface area contributed by atoms with Crippen molar-refractivity contribution in [3.05, 3.63) is 53.2 Å². The van der Waals surface area contributed by atoms with E-state index in [1.54, 1.807) is 13.3 Å². The predicted octanol–water partition coefficient (Wildman–Crippen LogP) is 2.59. The molecule has 0 saturated carbocycles. The SMILES string of the molecule is COc1ccc(C)cc1CN1CCN(c2ccc(C#N)cn2)CC1. The van der Waals surface area contributed by atoms with Gasteiger partial charge in [0, 0.05) is 44.5 Å². The zero-order chi connectivity index (χ0) is 16.9. The van der Waals surface area contributed by atoms with Gasteiger partial charge in [-0.3, -0.25) is 4.90 Å². The average Bonchev–Trinajstić information content (AvgIpc) is 2.63. The number of nitriles is 1. The molecule has 1 aromatic heterocycles. The average molecular weight is 322 g/mol. The van der Waals surface area contributed by atoms with Crippen LogP contribution in [0.1, 0.15) is 16.7 Å². The number of hydrogen-bond donors (Lipinski definition) is 0. The number of aryl methyl sites for hydroxylation is 1. The lowest BCUT2D eigenvalue weighted by molar-refractivity contribution is 0.245. The molecule has 0 bridgehead atoms. The molecule has 2 heterocycles. The van der Waals surface area contributed by atoms with Gasteiger partial charge in [-0.05, 0) is 25.1 Å². The van der Waals surface area contributed by atoms with Crippen molar-refractivity contribution < 1.29 is 4.74 Å². The van der Waals surface area contributed by atoms with Crippen LogP contribution in [0.2, 0.25) is 0 Å².